The minimum absolute atomic E-state index is 0.951. The third kappa shape index (κ3) is 10.9. The van der Waals surface area contributed by atoms with Crippen molar-refractivity contribution in [3.8, 4) is 0 Å². The van der Waals surface area contributed by atoms with Crippen molar-refractivity contribution in [1.82, 2.24) is 31.9 Å². The van der Waals surface area contributed by atoms with E-state index in [4.69, 9.17) is 0 Å². The Morgan fingerprint density at radius 3 is 1.31 bits per heavy atom. The molecule has 1 aliphatic heterocycles. The molecule has 1 aromatic carbocycles. The number of benzene rings is 1. The van der Waals surface area contributed by atoms with Gasteiger partial charge < -0.3 is 31.9 Å². The maximum atomic E-state index is 3.55. The van der Waals surface area contributed by atoms with Gasteiger partial charge in [-0.05, 0) is 50.1 Å². The van der Waals surface area contributed by atoms with Crippen LogP contribution in [0.15, 0.2) is 24.3 Å². The van der Waals surface area contributed by atoms with Gasteiger partial charge in [0.2, 0.25) is 0 Å². The monoisotopic (exact) mass is 362 g/mol. The molecule has 1 aliphatic rings. The van der Waals surface area contributed by atoms with Gasteiger partial charge in [-0.25, -0.2) is 0 Å². The molecule has 0 amide bonds. The molecule has 0 unspecified atom stereocenters. The maximum absolute atomic E-state index is 3.55. The van der Waals surface area contributed by atoms with Crippen molar-refractivity contribution in [2.75, 3.05) is 65.4 Å². The van der Waals surface area contributed by atoms with Gasteiger partial charge in [0.15, 0.2) is 0 Å². The van der Waals surface area contributed by atoms with Crippen LogP contribution in [0.1, 0.15) is 24.0 Å². The second-order valence-corrected chi connectivity index (χ2v) is 6.88. The molecule has 26 heavy (non-hydrogen) atoms. The van der Waals surface area contributed by atoms with Gasteiger partial charge in [-0.1, -0.05) is 24.3 Å². The lowest BCUT2D eigenvalue weighted by Crippen LogP contribution is -2.35. The SMILES string of the molecule is c1cc2cc(c1)CNCCCNCCNCCNCCNCCCNC2. The van der Waals surface area contributed by atoms with Crippen molar-refractivity contribution < 1.29 is 0 Å². The highest BCUT2D eigenvalue weighted by atomic mass is 15.0. The molecule has 0 radical (unpaired) electrons. The van der Waals surface area contributed by atoms with E-state index in [1.807, 2.05) is 0 Å². The molecule has 0 saturated heterocycles. The van der Waals surface area contributed by atoms with Crippen molar-refractivity contribution in [2.24, 2.45) is 0 Å². The van der Waals surface area contributed by atoms with E-state index in [1.165, 1.54) is 11.1 Å². The Balaban J connectivity index is 1.68. The largest absolute Gasteiger partial charge is 0.315 e. The summed E-state index contributed by atoms with van der Waals surface area (Å²) in [4.78, 5) is 0. The van der Waals surface area contributed by atoms with Gasteiger partial charge in [0.1, 0.15) is 0 Å². The average Bonchev–Trinajstić information content (AvgIpc) is 2.66. The van der Waals surface area contributed by atoms with E-state index in [2.05, 4.69) is 56.2 Å². The average molecular weight is 363 g/mol. The molecule has 2 rings (SSSR count). The molecule has 0 aromatic heterocycles. The summed E-state index contributed by atoms with van der Waals surface area (Å²) < 4.78 is 0. The van der Waals surface area contributed by atoms with Crippen LogP contribution in [0.5, 0.6) is 0 Å². The van der Waals surface area contributed by atoms with Crippen LogP contribution in [0.2, 0.25) is 0 Å². The van der Waals surface area contributed by atoms with Gasteiger partial charge in [-0.15, -0.1) is 0 Å². The first kappa shape index (κ1) is 21.3. The molecule has 6 nitrogen and oxygen atoms in total. The first-order valence-electron chi connectivity index (χ1n) is 10.3. The van der Waals surface area contributed by atoms with Gasteiger partial charge in [0, 0.05) is 52.4 Å². The zero-order chi connectivity index (χ0) is 18.1. The lowest BCUT2D eigenvalue weighted by atomic mass is 10.1. The highest BCUT2D eigenvalue weighted by molar-refractivity contribution is 5.23. The van der Waals surface area contributed by atoms with Crippen molar-refractivity contribution in [3.05, 3.63) is 35.4 Å². The lowest BCUT2D eigenvalue weighted by Gasteiger charge is -2.09. The molecule has 6 N–H and O–H groups in total. The molecule has 1 aromatic rings. The van der Waals surface area contributed by atoms with E-state index >= 15 is 0 Å². The Labute approximate surface area is 159 Å². The number of fused-ring (bicyclic) bond motifs is 2. The van der Waals surface area contributed by atoms with Crippen LogP contribution in [0, 0.1) is 0 Å². The first-order chi connectivity index (χ1) is 12.9. The summed E-state index contributed by atoms with van der Waals surface area (Å²) in [6.45, 7) is 12.4. The number of nitrogens with one attached hydrogen (secondary N) is 6. The number of hydrogen-bond acceptors (Lipinski definition) is 6. The minimum atomic E-state index is 0.951. The van der Waals surface area contributed by atoms with E-state index < -0.39 is 0 Å². The fourth-order valence-electron chi connectivity index (χ4n) is 3.02. The van der Waals surface area contributed by atoms with E-state index in [0.717, 1.165) is 91.4 Å². The van der Waals surface area contributed by atoms with Crippen LogP contribution in [-0.2, 0) is 13.1 Å². The van der Waals surface area contributed by atoms with Gasteiger partial charge in [-0.2, -0.15) is 0 Å². The highest BCUT2D eigenvalue weighted by Crippen LogP contribution is 2.05. The maximum Gasteiger partial charge on any atom is 0.0205 e. The molecule has 6 heteroatoms. The summed E-state index contributed by atoms with van der Waals surface area (Å²) in [6, 6.07) is 8.89. The van der Waals surface area contributed by atoms with Gasteiger partial charge in [0.25, 0.3) is 0 Å². The quantitative estimate of drug-likeness (QED) is 0.391. The van der Waals surface area contributed by atoms with E-state index in [0.29, 0.717) is 0 Å². The second-order valence-electron chi connectivity index (χ2n) is 6.88. The minimum Gasteiger partial charge on any atom is -0.315 e. The topological polar surface area (TPSA) is 72.2 Å². The summed E-state index contributed by atoms with van der Waals surface area (Å²) in [5, 5.41) is 21.0. The normalized spacial score (nSPS) is 21.1. The molecular weight excluding hydrogens is 324 g/mol. The molecule has 0 atom stereocenters. The van der Waals surface area contributed by atoms with Crippen molar-refractivity contribution in [1.29, 1.82) is 0 Å². The van der Waals surface area contributed by atoms with Crippen molar-refractivity contribution in [3.63, 3.8) is 0 Å². The zero-order valence-electron chi connectivity index (χ0n) is 16.2. The Hall–Kier alpha value is -1.02. The summed E-state index contributed by atoms with van der Waals surface area (Å²) >= 11 is 0. The van der Waals surface area contributed by atoms with E-state index in [1.54, 1.807) is 0 Å². The number of hydrogen-bond donors (Lipinski definition) is 6. The molecule has 2 bridgehead atoms. The molecular formula is C20H38N6. The smallest absolute Gasteiger partial charge is 0.0205 e. The zero-order valence-corrected chi connectivity index (χ0v) is 16.2. The fraction of sp³-hybridized carbons (Fsp3) is 0.700. The molecule has 0 fully saturated rings. The van der Waals surface area contributed by atoms with Crippen molar-refractivity contribution in [2.45, 2.75) is 25.9 Å². The van der Waals surface area contributed by atoms with E-state index in [9.17, 15) is 0 Å². The van der Waals surface area contributed by atoms with Gasteiger partial charge >= 0.3 is 0 Å². The molecule has 0 aliphatic carbocycles. The predicted octanol–water partition coefficient (Wildman–Crippen LogP) is 0.0180. The third-order valence-electron chi connectivity index (χ3n) is 4.50. The summed E-state index contributed by atoms with van der Waals surface area (Å²) in [5.74, 6) is 0. The van der Waals surface area contributed by atoms with Crippen LogP contribution in [0.3, 0.4) is 0 Å². The highest BCUT2D eigenvalue weighted by Gasteiger charge is 1.98. The van der Waals surface area contributed by atoms with Crippen LogP contribution < -0.4 is 31.9 Å². The summed E-state index contributed by atoms with van der Waals surface area (Å²) in [6.07, 6.45) is 2.33. The van der Waals surface area contributed by atoms with Crippen LogP contribution in [-0.4, -0.2) is 65.4 Å². The first-order valence-corrected chi connectivity index (χ1v) is 10.3. The van der Waals surface area contributed by atoms with Crippen LogP contribution in [0.4, 0.5) is 0 Å². The number of rotatable bonds is 0. The van der Waals surface area contributed by atoms with Gasteiger partial charge in [0.05, 0.1) is 0 Å². The van der Waals surface area contributed by atoms with Crippen LogP contribution in [0.25, 0.3) is 0 Å². The molecule has 1 heterocycles. The standard InChI is InChI=1S/C20H38N6/c1-4-19-16-20(5-1)18-26-9-3-7-22-11-13-24-15-14-23-12-10-21-6-2-8-25-17-19/h1,4-5,16,21-26H,2-3,6-15,17-18H2. The molecule has 0 saturated carbocycles. The second kappa shape index (κ2) is 15.1. The summed E-state index contributed by atoms with van der Waals surface area (Å²) in [7, 11) is 0. The fourth-order valence-corrected chi connectivity index (χ4v) is 3.02. The van der Waals surface area contributed by atoms with E-state index in [-0.39, 0.29) is 0 Å². The Bertz CT molecular complexity index is 416. The lowest BCUT2D eigenvalue weighted by molar-refractivity contribution is 0.548. The predicted molar refractivity (Wildman–Crippen MR) is 111 cm³/mol. The Morgan fingerprint density at radius 1 is 0.462 bits per heavy atom. The Kier molecular flexibility index (Phi) is 12.3. The summed E-state index contributed by atoms with van der Waals surface area (Å²) in [5.41, 5.74) is 2.74. The van der Waals surface area contributed by atoms with Crippen molar-refractivity contribution >= 4 is 0 Å². The third-order valence-corrected chi connectivity index (χ3v) is 4.50. The molecule has 0 spiro atoms. The van der Waals surface area contributed by atoms with Gasteiger partial charge in [-0.3, -0.25) is 0 Å². The van der Waals surface area contributed by atoms with Crippen LogP contribution >= 0.6 is 0 Å². The molecule has 148 valence electrons. The Morgan fingerprint density at radius 2 is 0.846 bits per heavy atom.